The summed E-state index contributed by atoms with van der Waals surface area (Å²) >= 11 is 0. The van der Waals surface area contributed by atoms with E-state index in [1.165, 1.54) is 54.1 Å². The molecular weight excluding hydrogens is 310 g/mol. The van der Waals surface area contributed by atoms with Gasteiger partial charge < -0.3 is 14.7 Å². The number of aromatic hydroxyl groups is 1. The molecule has 0 bridgehead atoms. The zero-order chi connectivity index (χ0) is 16.8. The van der Waals surface area contributed by atoms with Gasteiger partial charge in [0.1, 0.15) is 11.4 Å². The predicted molar refractivity (Wildman–Crippen MR) is 101 cm³/mol. The zero-order valence-electron chi connectivity index (χ0n) is 14.1. The van der Waals surface area contributed by atoms with E-state index in [1.54, 1.807) is 12.1 Å². The van der Waals surface area contributed by atoms with Crippen molar-refractivity contribution >= 4 is 21.9 Å². The summed E-state index contributed by atoms with van der Waals surface area (Å²) in [6.45, 7) is 0. The fourth-order valence-corrected chi connectivity index (χ4v) is 4.29. The van der Waals surface area contributed by atoms with Crippen LogP contribution >= 0.6 is 0 Å². The van der Waals surface area contributed by atoms with E-state index >= 15 is 0 Å². The first-order valence-corrected chi connectivity index (χ1v) is 9.08. The van der Waals surface area contributed by atoms with E-state index < -0.39 is 0 Å². The Morgan fingerprint density at radius 2 is 1.84 bits per heavy atom. The minimum atomic E-state index is 0.304. The van der Waals surface area contributed by atoms with E-state index in [0.717, 1.165) is 11.2 Å². The number of nitrogens with one attached hydrogen (secondary N) is 1. The number of hydrogen-bond donors (Lipinski definition) is 2. The average molecular weight is 331 g/mol. The molecule has 0 aliphatic heterocycles. The van der Waals surface area contributed by atoms with E-state index in [-0.39, 0.29) is 0 Å². The van der Waals surface area contributed by atoms with Crippen LogP contribution in [0.4, 0.5) is 0 Å². The Hall–Kier alpha value is -2.75. The highest BCUT2D eigenvalue weighted by Crippen LogP contribution is 2.39. The molecule has 4 nitrogen and oxygen atoms in total. The third-order valence-corrected chi connectivity index (χ3v) is 5.48. The lowest BCUT2D eigenvalue weighted by Crippen LogP contribution is -2.13. The highest BCUT2D eigenvalue weighted by atomic mass is 16.3. The fraction of sp³-hybridized carbons (Fsp3) is 0.286. The quantitative estimate of drug-likeness (QED) is 0.517. The number of aromatic amines is 1. The zero-order valence-corrected chi connectivity index (χ0v) is 14.1. The number of aromatic nitrogens is 3. The first kappa shape index (κ1) is 14.6. The van der Waals surface area contributed by atoms with Crippen molar-refractivity contribution < 1.29 is 5.11 Å². The summed E-state index contributed by atoms with van der Waals surface area (Å²) in [4.78, 5) is 7.81. The van der Waals surface area contributed by atoms with Crippen LogP contribution in [-0.4, -0.2) is 19.6 Å². The van der Waals surface area contributed by atoms with Gasteiger partial charge in [-0.1, -0.05) is 19.3 Å². The predicted octanol–water partition coefficient (Wildman–Crippen LogP) is 5.40. The smallest absolute Gasteiger partial charge is 0.139 e. The maximum absolute atomic E-state index is 9.65. The average Bonchev–Trinajstić information content (AvgIpc) is 3.27. The van der Waals surface area contributed by atoms with Crippen LogP contribution in [-0.2, 0) is 0 Å². The number of H-pyrrole nitrogens is 1. The molecule has 25 heavy (non-hydrogen) atoms. The Balaban J connectivity index is 1.82. The second-order valence-electron chi connectivity index (χ2n) is 7.04. The molecule has 0 amide bonds. The largest absolute Gasteiger partial charge is 0.508 e. The highest BCUT2D eigenvalue weighted by Gasteiger charge is 2.22. The lowest BCUT2D eigenvalue weighted by molar-refractivity contribution is 0.363. The minimum Gasteiger partial charge on any atom is -0.508 e. The van der Waals surface area contributed by atoms with Crippen molar-refractivity contribution in [3.8, 4) is 17.0 Å². The van der Waals surface area contributed by atoms with Crippen molar-refractivity contribution in [2.24, 2.45) is 0 Å². The number of rotatable bonds is 2. The van der Waals surface area contributed by atoms with Crippen molar-refractivity contribution in [1.29, 1.82) is 0 Å². The SMILES string of the molecule is Oc1ccc(-c2cc3cnc4[nH]ccc4c3n2C2CCCCC2)cc1. The molecule has 4 heteroatoms. The molecule has 3 heterocycles. The van der Waals surface area contributed by atoms with Gasteiger partial charge in [-0.15, -0.1) is 0 Å². The van der Waals surface area contributed by atoms with Gasteiger partial charge in [-0.05, 0) is 54.8 Å². The van der Waals surface area contributed by atoms with Crippen LogP contribution in [0.5, 0.6) is 5.75 Å². The van der Waals surface area contributed by atoms with E-state index in [9.17, 15) is 5.11 Å². The van der Waals surface area contributed by atoms with Crippen molar-refractivity contribution in [1.82, 2.24) is 14.5 Å². The minimum absolute atomic E-state index is 0.304. The van der Waals surface area contributed by atoms with Crippen LogP contribution < -0.4 is 0 Å². The first-order valence-electron chi connectivity index (χ1n) is 9.08. The van der Waals surface area contributed by atoms with Crippen molar-refractivity contribution in [3.05, 3.63) is 48.8 Å². The molecule has 1 saturated carbocycles. The van der Waals surface area contributed by atoms with Gasteiger partial charge >= 0.3 is 0 Å². The first-order chi connectivity index (χ1) is 12.3. The molecule has 5 rings (SSSR count). The van der Waals surface area contributed by atoms with Gasteiger partial charge in [-0.3, -0.25) is 0 Å². The van der Waals surface area contributed by atoms with Crippen molar-refractivity contribution in [2.45, 2.75) is 38.1 Å². The van der Waals surface area contributed by atoms with E-state index in [4.69, 9.17) is 0 Å². The lowest BCUT2D eigenvalue weighted by atomic mass is 9.94. The molecular formula is C21H21N3O. The van der Waals surface area contributed by atoms with E-state index in [2.05, 4.69) is 26.7 Å². The van der Waals surface area contributed by atoms with Gasteiger partial charge in [0.05, 0.1) is 5.52 Å². The fourth-order valence-electron chi connectivity index (χ4n) is 4.29. The maximum atomic E-state index is 9.65. The molecule has 0 atom stereocenters. The number of pyridine rings is 1. The van der Waals surface area contributed by atoms with Gasteiger partial charge in [0.15, 0.2) is 0 Å². The monoisotopic (exact) mass is 331 g/mol. The molecule has 126 valence electrons. The third-order valence-electron chi connectivity index (χ3n) is 5.48. The van der Waals surface area contributed by atoms with Crippen LogP contribution in [0.2, 0.25) is 0 Å². The number of benzene rings is 1. The number of nitrogens with zero attached hydrogens (tertiary/aromatic N) is 2. The van der Waals surface area contributed by atoms with Crippen LogP contribution in [0.1, 0.15) is 38.1 Å². The van der Waals surface area contributed by atoms with Crippen LogP contribution in [0, 0.1) is 0 Å². The van der Waals surface area contributed by atoms with Crippen LogP contribution in [0.15, 0.2) is 48.8 Å². The number of hydrogen-bond acceptors (Lipinski definition) is 2. The number of phenols is 1. The topological polar surface area (TPSA) is 53.8 Å². The second-order valence-corrected chi connectivity index (χ2v) is 7.04. The molecule has 1 aliphatic carbocycles. The van der Waals surface area contributed by atoms with E-state index in [1.807, 2.05) is 24.5 Å². The summed E-state index contributed by atoms with van der Waals surface area (Å²) in [5.74, 6) is 0.304. The Kier molecular flexibility index (Phi) is 3.30. The molecule has 0 unspecified atom stereocenters. The molecule has 4 aromatic rings. The molecule has 1 aliphatic rings. The standard InChI is InChI=1S/C21H21N3O/c25-17-8-6-14(7-9-17)19-12-15-13-23-21-18(10-11-22-21)20(15)24(19)16-4-2-1-3-5-16/h6-13,16,25H,1-5H2,(H,22,23). The highest BCUT2D eigenvalue weighted by molar-refractivity contribution is 6.05. The van der Waals surface area contributed by atoms with Crippen molar-refractivity contribution in [3.63, 3.8) is 0 Å². The van der Waals surface area contributed by atoms with Gasteiger partial charge in [-0.25, -0.2) is 4.98 Å². The molecule has 0 spiro atoms. The summed E-state index contributed by atoms with van der Waals surface area (Å²) < 4.78 is 2.53. The van der Waals surface area contributed by atoms with Crippen LogP contribution in [0.25, 0.3) is 33.2 Å². The van der Waals surface area contributed by atoms with Gasteiger partial charge in [-0.2, -0.15) is 0 Å². The Bertz CT molecular complexity index is 1040. The molecule has 2 N–H and O–H groups in total. The normalized spacial score (nSPS) is 16.0. The molecule has 1 fully saturated rings. The third kappa shape index (κ3) is 2.32. The van der Waals surface area contributed by atoms with Crippen molar-refractivity contribution in [2.75, 3.05) is 0 Å². The molecule has 0 saturated heterocycles. The summed E-state index contributed by atoms with van der Waals surface area (Å²) in [6.07, 6.45) is 10.3. The summed E-state index contributed by atoms with van der Waals surface area (Å²) in [5.41, 5.74) is 4.58. The maximum Gasteiger partial charge on any atom is 0.139 e. The number of fused-ring (bicyclic) bond motifs is 3. The molecule has 1 aromatic carbocycles. The Morgan fingerprint density at radius 3 is 2.64 bits per heavy atom. The van der Waals surface area contributed by atoms with Gasteiger partial charge in [0.25, 0.3) is 0 Å². The Morgan fingerprint density at radius 1 is 1.04 bits per heavy atom. The van der Waals surface area contributed by atoms with E-state index in [0.29, 0.717) is 11.8 Å². The number of phenolic OH excluding ortho intramolecular Hbond substituents is 1. The summed E-state index contributed by atoms with van der Waals surface area (Å²) in [5, 5.41) is 12.0. The second kappa shape index (κ2) is 5.66. The molecule has 0 radical (unpaired) electrons. The van der Waals surface area contributed by atoms with Gasteiger partial charge in [0.2, 0.25) is 0 Å². The Labute approximate surface area is 146 Å². The van der Waals surface area contributed by atoms with Crippen LogP contribution in [0.3, 0.4) is 0 Å². The van der Waals surface area contributed by atoms with Gasteiger partial charge in [0, 0.05) is 34.9 Å². The summed E-state index contributed by atoms with van der Waals surface area (Å²) in [6, 6.07) is 12.4. The molecule has 3 aromatic heterocycles. The lowest BCUT2D eigenvalue weighted by Gasteiger charge is -2.27. The summed E-state index contributed by atoms with van der Waals surface area (Å²) in [7, 11) is 0.